The van der Waals surface area contributed by atoms with Crippen LogP contribution in [0.3, 0.4) is 0 Å². The maximum absolute atomic E-state index is 13.0. The van der Waals surface area contributed by atoms with Crippen molar-refractivity contribution in [2.24, 2.45) is 12.1 Å². The third-order valence-corrected chi connectivity index (χ3v) is 5.97. The lowest BCUT2D eigenvalue weighted by molar-refractivity contribution is -0.120. The molecule has 0 bridgehead atoms. The van der Waals surface area contributed by atoms with E-state index in [1.807, 2.05) is 29.9 Å². The number of esters is 1. The number of methoxy groups -OCH3 is 3. The van der Waals surface area contributed by atoms with Crippen LogP contribution < -0.4 is 24.4 Å². The van der Waals surface area contributed by atoms with E-state index in [0.29, 0.717) is 31.8 Å². The van der Waals surface area contributed by atoms with Crippen LogP contribution >= 0.6 is 31.9 Å². The summed E-state index contributed by atoms with van der Waals surface area (Å²) in [4.78, 5) is 25.2. The fourth-order valence-corrected chi connectivity index (χ4v) is 4.53. The molecule has 0 fully saturated rings. The highest BCUT2D eigenvalue weighted by Gasteiger charge is 2.20. The molecule has 11 heteroatoms. The Morgan fingerprint density at radius 1 is 1.03 bits per heavy atom. The molecule has 0 atom stereocenters. The average Bonchev–Trinajstić information content (AvgIpc) is 3.23. The Kier molecular flexibility index (Phi) is 8.94. The predicted molar refractivity (Wildman–Crippen MR) is 138 cm³/mol. The number of hydrogen-bond donors (Lipinski definition) is 1. The number of carbonyl (C=O) groups is 2. The van der Waals surface area contributed by atoms with Crippen LogP contribution in [0.15, 0.2) is 56.6 Å². The molecule has 35 heavy (non-hydrogen) atoms. The second kappa shape index (κ2) is 11.9. The molecular formula is C24H23Br2N3O6. The zero-order valence-electron chi connectivity index (χ0n) is 19.4. The minimum absolute atomic E-state index is 0.173. The van der Waals surface area contributed by atoms with Crippen LogP contribution in [0.5, 0.6) is 23.0 Å². The van der Waals surface area contributed by atoms with E-state index in [1.165, 1.54) is 39.7 Å². The minimum Gasteiger partial charge on any atom is -0.493 e. The van der Waals surface area contributed by atoms with Crippen molar-refractivity contribution >= 4 is 50.0 Å². The van der Waals surface area contributed by atoms with Crippen LogP contribution in [0, 0.1) is 0 Å². The lowest BCUT2D eigenvalue weighted by Gasteiger charge is -2.15. The van der Waals surface area contributed by atoms with Gasteiger partial charge in [0.25, 0.3) is 0 Å². The van der Waals surface area contributed by atoms with Crippen molar-refractivity contribution in [3.8, 4) is 23.0 Å². The van der Waals surface area contributed by atoms with E-state index in [-0.39, 0.29) is 23.6 Å². The number of hydrogen-bond acceptors (Lipinski definition) is 7. The minimum atomic E-state index is -0.658. The zero-order chi connectivity index (χ0) is 25.5. The lowest BCUT2D eigenvalue weighted by Crippen LogP contribution is -2.21. The van der Waals surface area contributed by atoms with Gasteiger partial charge in [0.15, 0.2) is 17.2 Å². The van der Waals surface area contributed by atoms with Crippen LogP contribution in [0.4, 0.5) is 0 Å². The van der Waals surface area contributed by atoms with Gasteiger partial charge < -0.3 is 23.5 Å². The molecule has 9 nitrogen and oxygen atoms in total. The molecule has 0 spiro atoms. The van der Waals surface area contributed by atoms with Crippen molar-refractivity contribution in [3.63, 3.8) is 0 Å². The number of hydrazone groups is 1. The van der Waals surface area contributed by atoms with Gasteiger partial charge in [-0.2, -0.15) is 5.10 Å². The molecule has 1 aromatic heterocycles. The SMILES string of the molecule is COc1cc(C(=O)Oc2c(Br)cc(Br)cc2/C=N\NC(=O)Cc2cccn2C)cc(OC)c1OC. The molecule has 2 aromatic carbocycles. The summed E-state index contributed by atoms with van der Waals surface area (Å²) in [6.45, 7) is 0. The van der Waals surface area contributed by atoms with Crippen LogP contribution in [-0.4, -0.2) is 44.0 Å². The summed E-state index contributed by atoms with van der Waals surface area (Å²) in [5.74, 6) is 0.262. The number of ether oxygens (including phenoxy) is 4. The molecule has 0 radical (unpaired) electrons. The van der Waals surface area contributed by atoms with Crippen molar-refractivity contribution in [1.29, 1.82) is 0 Å². The summed E-state index contributed by atoms with van der Waals surface area (Å²) in [6, 6.07) is 10.1. The standard InChI is InChI=1S/C24H23Br2N3O6/c1-29-7-5-6-17(29)12-21(30)28-27-13-15-8-16(25)11-18(26)22(15)35-24(31)14-9-19(32-2)23(34-4)20(10-14)33-3/h5-11,13H,12H2,1-4H3,(H,28,30)/b27-13-. The molecule has 0 aliphatic carbocycles. The summed E-state index contributed by atoms with van der Waals surface area (Å²) in [6.07, 6.45) is 3.43. The molecule has 0 saturated carbocycles. The van der Waals surface area contributed by atoms with Crippen molar-refractivity contribution in [2.45, 2.75) is 6.42 Å². The zero-order valence-corrected chi connectivity index (χ0v) is 22.6. The van der Waals surface area contributed by atoms with Crippen molar-refractivity contribution in [2.75, 3.05) is 21.3 Å². The molecule has 0 aliphatic heterocycles. The molecule has 0 saturated heterocycles. The normalized spacial score (nSPS) is 10.8. The molecular weight excluding hydrogens is 586 g/mol. The van der Waals surface area contributed by atoms with Crippen LogP contribution in [-0.2, 0) is 18.3 Å². The molecule has 1 amide bonds. The van der Waals surface area contributed by atoms with Crippen LogP contribution in [0.2, 0.25) is 0 Å². The fourth-order valence-electron chi connectivity index (χ4n) is 3.19. The van der Waals surface area contributed by atoms with E-state index < -0.39 is 5.97 Å². The summed E-state index contributed by atoms with van der Waals surface area (Å²) in [5, 5.41) is 4.03. The number of nitrogens with one attached hydrogen (secondary N) is 1. The third kappa shape index (κ3) is 6.43. The first kappa shape index (κ1) is 26.3. The Morgan fingerprint density at radius 2 is 1.71 bits per heavy atom. The van der Waals surface area contributed by atoms with Gasteiger partial charge in [-0.05, 0) is 52.3 Å². The van der Waals surface area contributed by atoms with Gasteiger partial charge in [0.1, 0.15) is 0 Å². The highest BCUT2D eigenvalue weighted by atomic mass is 79.9. The second-order valence-electron chi connectivity index (χ2n) is 7.19. The Labute approximate surface area is 219 Å². The Morgan fingerprint density at radius 3 is 2.29 bits per heavy atom. The summed E-state index contributed by atoms with van der Waals surface area (Å²) in [5.41, 5.74) is 3.98. The number of halogens is 2. The van der Waals surface area contributed by atoms with Crippen molar-refractivity contribution < 1.29 is 28.5 Å². The quantitative estimate of drug-likeness (QED) is 0.166. The number of amides is 1. The fraction of sp³-hybridized carbons (Fsp3) is 0.208. The van der Waals surface area contributed by atoms with Gasteiger partial charge in [-0.1, -0.05) is 15.9 Å². The third-order valence-electron chi connectivity index (χ3n) is 4.92. The van der Waals surface area contributed by atoms with Crippen LogP contribution in [0.25, 0.3) is 0 Å². The maximum atomic E-state index is 13.0. The highest BCUT2D eigenvalue weighted by Crippen LogP contribution is 2.39. The van der Waals surface area contributed by atoms with E-state index in [1.54, 1.807) is 12.1 Å². The number of aromatic nitrogens is 1. The summed E-state index contributed by atoms with van der Waals surface area (Å²) >= 11 is 6.83. The van der Waals surface area contributed by atoms with Gasteiger partial charge in [-0.15, -0.1) is 0 Å². The molecule has 3 aromatic rings. The van der Waals surface area contributed by atoms with E-state index in [2.05, 4.69) is 42.4 Å². The molecule has 0 unspecified atom stereocenters. The summed E-state index contributed by atoms with van der Waals surface area (Å²) in [7, 11) is 6.25. The van der Waals surface area contributed by atoms with Crippen molar-refractivity contribution in [3.05, 3.63) is 68.4 Å². The molecule has 3 rings (SSSR count). The van der Waals surface area contributed by atoms with Gasteiger partial charge in [0.05, 0.1) is 44.0 Å². The number of aryl methyl sites for hydroxylation is 1. The van der Waals surface area contributed by atoms with E-state index in [4.69, 9.17) is 18.9 Å². The topological polar surface area (TPSA) is 100 Å². The number of carbonyl (C=O) groups excluding carboxylic acids is 2. The number of benzene rings is 2. The van der Waals surface area contributed by atoms with E-state index >= 15 is 0 Å². The smallest absolute Gasteiger partial charge is 0.343 e. The van der Waals surface area contributed by atoms with Gasteiger partial charge in [-0.3, -0.25) is 4.79 Å². The average molecular weight is 609 g/mol. The molecule has 1 heterocycles. The molecule has 1 N–H and O–H groups in total. The van der Waals surface area contributed by atoms with E-state index in [0.717, 1.165) is 5.69 Å². The first-order valence-electron chi connectivity index (χ1n) is 10.2. The Balaban J connectivity index is 1.83. The van der Waals surface area contributed by atoms with Crippen molar-refractivity contribution in [1.82, 2.24) is 9.99 Å². The predicted octanol–water partition coefficient (Wildman–Crippen LogP) is 4.49. The highest BCUT2D eigenvalue weighted by molar-refractivity contribution is 9.11. The summed E-state index contributed by atoms with van der Waals surface area (Å²) < 4.78 is 24.7. The van der Waals surface area contributed by atoms with Gasteiger partial charge in [0.2, 0.25) is 11.7 Å². The number of nitrogens with zero attached hydrogens (tertiary/aromatic N) is 2. The van der Waals surface area contributed by atoms with Gasteiger partial charge >= 0.3 is 5.97 Å². The Hall–Kier alpha value is -3.31. The van der Waals surface area contributed by atoms with Gasteiger partial charge in [0, 0.05) is 29.0 Å². The Bertz CT molecular complexity index is 1250. The molecule has 0 aliphatic rings. The first-order valence-corrected chi connectivity index (χ1v) is 11.8. The monoisotopic (exact) mass is 607 g/mol. The van der Waals surface area contributed by atoms with Gasteiger partial charge in [-0.25, -0.2) is 10.2 Å². The molecule has 184 valence electrons. The van der Waals surface area contributed by atoms with E-state index in [9.17, 15) is 9.59 Å². The van der Waals surface area contributed by atoms with Crippen LogP contribution in [0.1, 0.15) is 21.6 Å². The maximum Gasteiger partial charge on any atom is 0.343 e. The largest absolute Gasteiger partial charge is 0.493 e. The lowest BCUT2D eigenvalue weighted by atomic mass is 10.1. The first-order chi connectivity index (χ1) is 16.8. The second-order valence-corrected chi connectivity index (χ2v) is 8.96. The number of rotatable bonds is 9.